The van der Waals surface area contributed by atoms with Gasteiger partial charge >= 0.3 is 6.36 Å². The Morgan fingerprint density at radius 3 is 2.41 bits per heavy atom. The maximum absolute atomic E-state index is 12.9. The zero-order chi connectivity index (χ0) is 26.8. The van der Waals surface area contributed by atoms with Crippen molar-refractivity contribution >= 4 is 10.9 Å². The molecule has 2 atom stereocenters. The fourth-order valence-corrected chi connectivity index (χ4v) is 7.27. The van der Waals surface area contributed by atoms with Gasteiger partial charge in [-0.1, -0.05) is 43.9 Å². The Kier molecular flexibility index (Phi) is 7.90. The molecule has 4 nitrogen and oxygen atoms in total. The summed E-state index contributed by atoms with van der Waals surface area (Å²) in [5, 5.41) is 8.71. The number of hydrogen-bond donors (Lipinski definition) is 2. The summed E-state index contributed by atoms with van der Waals surface area (Å²) in [6.07, 6.45) is 11.2. The smallest absolute Gasteiger partial charge is 0.406 e. The zero-order valence-corrected chi connectivity index (χ0v) is 22.6. The molecular formula is C32H40F3N3O. The van der Waals surface area contributed by atoms with Gasteiger partial charge in [0.2, 0.25) is 0 Å². The molecule has 39 heavy (non-hydrogen) atoms. The highest BCUT2D eigenvalue weighted by molar-refractivity contribution is 5.89. The normalized spacial score (nSPS) is 23.8. The van der Waals surface area contributed by atoms with Crippen molar-refractivity contribution in [1.29, 1.82) is 0 Å². The van der Waals surface area contributed by atoms with Gasteiger partial charge in [0.25, 0.3) is 0 Å². The summed E-state index contributed by atoms with van der Waals surface area (Å²) < 4.78 is 45.3. The van der Waals surface area contributed by atoms with Crippen molar-refractivity contribution in [2.75, 3.05) is 13.1 Å². The average molecular weight is 540 g/mol. The Bertz CT molecular complexity index is 1260. The number of hydrogen-bond acceptors (Lipinski definition) is 3. The van der Waals surface area contributed by atoms with Gasteiger partial charge in [-0.25, -0.2) is 0 Å². The van der Waals surface area contributed by atoms with Gasteiger partial charge in [0, 0.05) is 35.2 Å². The van der Waals surface area contributed by atoms with Crippen LogP contribution in [0, 0.1) is 0 Å². The van der Waals surface area contributed by atoms with E-state index in [0.29, 0.717) is 24.0 Å². The van der Waals surface area contributed by atoms with Crippen molar-refractivity contribution < 1.29 is 17.9 Å². The number of ether oxygens (including phenoxy) is 1. The first kappa shape index (κ1) is 26.7. The van der Waals surface area contributed by atoms with Crippen molar-refractivity contribution in [3.05, 3.63) is 54.2 Å². The van der Waals surface area contributed by atoms with Gasteiger partial charge in [-0.2, -0.15) is 0 Å². The summed E-state index contributed by atoms with van der Waals surface area (Å²) in [6.45, 7) is 2.20. The highest BCUT2D eigenvalue weighted by Crippen LogP contribution is 2.42. The van der Waals surface area contributed by atoms with Crippen molar-refractivity contribution in [1.82, 2.24) is 15.2 Å². The Labute approximate surface area is 229 Å². The fourth-order valence-electron chi connectivity index (χ4n) is 7.27. The molecule has 2 saturated carbocycles. The van der Waals surface area contributed by atoms with Crippen molar-refractivity contribution in [2.45, 2.75) is 101 Å². The molecule has 1 aromatic heterocycles. The molecule has 3 aliphatic rings. The third-order valence-corrected chi connectivity index (χ3v) is 9.16. The second-order valence-corrected chi connectivity index (χ2v) is 11.8. The zero-order valence-electron chi connectivity index (χ0n) is 22.6. The summed E-state index contributed by atoms with van der Waals surface area (Å²) in [5.41, 5.74) is 4.34. The predicted molar refractivity (Wildman–Crippen MR) is 150 cm³/mol. The lowest BCUT2D eigenvalue weighted by atomic mass is 9.80. The van der Waals surface area contributed by atoms with Crippen LogP contribution in [-0.4, -0.2) is 36.1 Å². The van der Waals surface area contributed by atoms with Crippen LogP contribution in [-0.2, 0) is 0 Å². The second-order valence-electron chi connectivity index (χ2n) is 11.8. The monoisotopic (exact) mass is 539 g/mol. The molecule has 7 heteroatoms. The van der Waals surface area contributed by atoms with Gasteiger partial charge in [0.1, 0.15) is 5.75 Å². The van der Waals surface area contributed by atoms with Crippen LogP contribution in [0.1, 0.15) is 88.2 Å². The van der Waals surface area contributed by atoms with Crippen molar-refractivity contribution in [3.8, 4) is 16.9 Å². The summed E-state index contributed by atoms with van der Waals surface area (Å²) in [5.74, 6) is 0.305. The van der Waals surface area contributed by atoms with Crippen LogP contribution in [0.5, 0.6) is 5.75 Å². The minimum absolute atomic E-state index is 0.181. The topological polar surface area (TPSA) is 38.2 Å². The number of fused-ring (bicyclic) bond motifs is 1. The molecule has 0 spiro atoms. The molecule has 2 unspecified atom stereocenters. The molecule has 0 radical (unpaired) electrons. The minimum atomic E-state index is -4.70. The first-order valence-corrected chi connectivity index (χ1v) is 14.9. The number of aromatic nitrogens is 1. The quantitative estimate of drug-likeness (QED) is 0.333. The number of halogens is 3. The molecule has 0 bridgehead atoms. The van der Waals surface area contributed by atoms with E-state index in [1.54, 1.807) is 6.07 Å². The predicted octanol–water partition coefficient (Wildman–Crippen LogP) is 8.08. The van der Waals surface area contributed by atoms with E-state index in [2.05, 4.69) is 44.3 Å². The van der Waals surface area contributed by atoms with Crippen LogP contribution in [0.15, 0.2) is 48.7 Å². The van der Waals surface area contributed by atoms with Crippen molar-refractivity contribution in [2.24, 2.45) is 0 Å². The Balaban J connectivity index is 1.33. The summed E-state index contributed by atoms with van der Waals surface area (Å²) in [7, 11) is 0. The number of nitrogens with zero attached hydrogens (tertiary/aromatic N) is 1. The average Bonchev–Trinajstić information content (AvgIpc) is 3.32. The van der Waals surface area contributed by atoms with E-state index in [0.717, 1.165) is 30.6 Å². The standard InChI is InChI=1S/C32H40F3N3O/c33-32(34,35)39-28-11-5-6-22(19-28)23-12-13-31-29(20-23)30(21-38(31)27-9-2-1-3-10-27)24-7-4-8-26(18-24)37-25-14-16-36-17-15-25/h5-6,11-13,19-21,24-27,36-37H,1-4,7-10,14-18H2. The van der Waals surface area contributed by atoms with Gasteiger partial charge in [-0.15, -0.1) is 13.2 Å². The molecule has 6 rings (SSSR count). The number of alkyl halides is 3. The van der Waals surface area contributed by atoms with E-state index in [1.165, 1.54) is 92.8 Å². The number of benzene rings is 2. The van der Waals surface area contributed by atoms with Gasteiger partial charge in [-0.05, 0) is 105 Å². The summed E-state index contributed by atoms with van der Waals surface area (Å²) in [6, 6.07) is 14.5. The van der Waals surface area contributed by atoms with Crippen LogP contribution in [0.3, 0.4) is 0 Å². The number of piperidine rings is 1. The van der Waals surface area contributed by atoms with Gasteiger partial charge in [0.05, 0.1) is 0 Å². The summed E-state index contributed by atoms with van der Waals surface area (Å²) >= 11 is 0. The Hall–Kier alpha value is -2.51. The number of nitrogens with one attached hydrogen (secondary N) is 2. The van der Waals surface area contributed by atoms with Crippen LogP contribution >= 0.6 is 0 Å². The molecule has 210 valence electrons. The first-order valence-electron chi connectivity index (χ1n) is 14.9. The lowest BCUT2D eigenvalue weighted by Gasteiger charge is -2.34. The van der Waals surface area contributed by atoms with Crippen LogP contribution in [0.4, 0.5) is 13.2 Å². The van der Waals surface area contributed by atoms with Crippen LogP contribution in [0.2, 0.25) is 0 Å². The molecule has 2 aromatic carbocycles. The highest BCUT2D eigenvalue weighted by Gasteiger charge is 2.32. The second kappa shape index (κ2) is 11.5. The SMILES string of the molecule is FC(F)(F)Oc1cccc(-c2ccc3c(c2)c(C2CCCC(NC4CCNCC4)C2)cn3C2CCCCC2)c1. The highest BCUT2D eigenvalue weighted by atomic mass is 19.4. The number of rotatable bonds is 6. The molecule has 3 fully saturated rings. The lowest BCUT2D eigenvalue weighted by Crippen LogP contribution is -2.46. The van der Waals surface area contributed by atoms with Gasteiger partial charge in [-0.3, -0.25) is 0 Å². The maximum Gasteiger partial charge on any atom is 0.573 e. The molecule has 2 heterocycles. The van der Waals surface area contributed by atoms with E-state index >= 15 is 0 Å². The van der Waals surface area contributed by atoms with Crippen LogP contribution < -0.4 is 15.4 Å². The van der Waals surface area contributed by atoms with E-state index in [4.69, 9.17) is 0 Å². The first-order chi connectivity index (χ1) is 18.9. The molecule has 3 aromatic rings. The minimum Gasteiger partial charge on any atom is -0.406 e. The van der Waals surface area contributed by atoms with E-state index in [1.807, 2.05) is 6.07 Å². The Morgan fingerprint density at radius 1 is 0.821 bits per heavy atom. The van der Waals surface area contributed by atoms with E-state index < -0.39 is 6.36 Å². The fraction of sp³-hybridized carbons (Fsp3) is 0.562. The third-order valence-electron chi connectivity index (χ3n) is 9.16. The largest absolute Gasteiger partial charge is 0.573 e. The van der Waals surface area contributed by atoms with E-state index in [-0.39, 0.29) is 5.75 Å². The maximum atomic E-state index is 12.9. The molecule has 1 aliphatic heterocycles. The molecular weight excluding hydrogens is 499 g/mol. The summed E-state index contributed by atoms with van der Waals surface area (Å²) in [4.78, 5) is 0. The van der Waals surface area contributed by atoms with Gasteiger partial charge < -0.3 is 19.9 Å². The molecule has 2 N–H and O–H groups in total. The Morgan fingerprint density at radius 2 is 1.62 bits per heavy atom. The van der Waals surface area contributed by atoms with E-state index in [9.17, 15) is 13.2 Å². The molecule has 0 amide bonds. The lowest BCUT2D eigenvalue weighted by molar-refractivity contribution is -0.274. The van der Waals surface area contributed by atoms with Gasteiger partial charge in [0.15, 0.2) is 0 Å². The van der Waals surface area contributed by atoms with Crippen molar-refractivity contribution in [3.63, 3.8) is 0 Å². The molecule has 1 saturated heterocycles. The third kappa shape index (κ3) is 6.30. The molecule has 2 aliphatic carbocycles. The van der Waals surface area contributed by atoms with Crippen LogP contribution in [0.25, 0.3) is 22.0 Å².